The number of benzene rings is 1. The molecule has 2 heterocycles. The van der Waals surface area contributed by atoms with E-state index in [9.17, 15) is 9.59 Å². The van der Waals surface area contributed by atoms with Crippen LogP contribution in [0.4, 0.5) is 0 Å². The maximum absolute atomic E-state index is 12.6. The van der Waals surface area contributed by atoms with Gasteiger partial charge in [0.2, 0.25) is 5.91 Å². The Morgan fingerprint density at radius 1 is 1.16 bits per heavy atom. The highest BCUT2D eigenvalue weighted by atomic mass is 16.5. The Kier molecular flexibility index (Phi) is 5.53. The smallest absolute Gasteiger partial charge is 0.328 e. The van der Waals surface area contributed by atoms with Gasteiger partial charge in [-0.2, -0.15) is 0 Å². The van der Waals surface area contributed by atoms with Crippen LogP contribution < -0.4 is 0 Å². The molecular weight excluding hydrogens is 316 g/mol. The average molecular weight is 340 g/mol. The number of aromatic nitrogens is 1. The van der Waals surface area contributed by atoms with Gasteiger partial charge in [-0.15, -0.1) is 0 Å². The molecule has 0 radical (unpaired) electrons. The van der Waals surface area contributed by atoms with E-state index < -0.39 is 6.04 Å². The van der Waals surface area contributed by atoms with E-state index in [0.717, 1.165) is 29.8 Å². The van der Waals surface area contributed by atoms with Gasteiger partial charge in [0.25, 0.3) is 0 Å². The summed E-state index contributed by atoms with van der Waals surface area (Å²) in [7, 11) is 1.38. The summed E-state index contributed by atoms with van der Waals surface area (Å²) in [5.74, 6) is -0.287. The lowest BCUT2D eigenvalue weighted by Crippen LogP contribution is -2.48. The molecule has 5 heteroatoms. The summed E-state index contributed by atoms with van der Waals surface area (Å²) in [4.78, 5) is 29.5. The molecule has 0 saturated carbocycles. The van der Waals surface area contributed by atoms with Crippen LogP contribution in [0, 0.1) is 0 Å². The van der Waals surface area contributed by atoms with E-state index in [0.29, 0.717) is 25.8 Å². The Labute approximate surface area is 148 Å². The van der Waals surface area contributed by atoms with Crippen molar-refractivity contribution < 1.29 is 14.3 Å². The second-order valence-electron chi connectivity index (χ2n) is 6.39. The third-order valence-electron chi connectivity index (χ3n) is 4.74. The standard InChI is InChI=1S/C20H24N2O3/c1-25-20(24)18-9-5-6-14-22(18)19(23)13-11-16-10-12-17(21-16)15-7-3-2-4-8-15/h2-4,7-8,10,12,18,21H,5-6,9,11,13-14H2,1H3/t18-/m0/s1. The normalized spacial score (nSPS) is 17.3. The predicted octanol–water partition coefficient (Wildman–Crippen LogP) is 3.17. The van der Waals surface area contributed by atoms with Crippen molar-refractivity contribution in [2.45, 2.75) is 38.1 Å². The number of carbonyl (C=O) groups excluding carboxylic acids is 2. The molecule has 3 rings (SSSR count). The van der Waals surface area contributed by atoms with Gasteiger partial charge in [-0.25, -0.2) is 4.79 Å². The molecule has 1 aliphatic rings. The largest absolute Gasteiger partial charge is 0.467 e. The fourth-order valence-corrected chi connectivity index (χ4v) is 3.37. The van der Waals surface area contributed by atoms with Crippen molar-refractivity contribution in [1.29, 1.82) is 0 Å². The summed E-state index contributed by atoms with van der Waals surface area (Å²) < 4.78 is 4.85. The number of aromatic amines is 1. The van der Waals surface area contributed by atoms with Crippen molar-refractivity contribution in [2.75, 3.05) is 13.7 Å². The van der Waals surface area contributed by atoms with E-state index in [1.807, 2.05) is 30.3 Å². The predicted molar refractivity (Wildman–Crippen MR) is 95.9 cm³/mol. The maximum Gasteiger partial charge on any atom is 0.328 e. The number of hydrogen-bond donors (Lipinski definition) is 1. The van der Waals surface area contributed by atoms with Crippen LogP contribution in [0.15, 0.2) is 42.5 Å². The fourth-order valence-electron chi connectivity index (χ4n) is 3.37. The molecule has 5 nitrogen and oxygen atoms in total. The molecule has 0 aliphatic carbocycles. The van der Waals surface area contributed by atoms with Crippen molar-refractivity contribution in [3.8, 4) is 11.3 Å². The first-order valence-electron chi connectivity index (χ1n) is 8.79. The Morgan fingerprint density at radius 3 is 2.72 bits per heavy atom. The summed E-state index contributed by atoms with van der Waals surface area (Å²) in [5, 5.41) is 0. The first kappa shape index (κ1) is 17.3. The zero-order chi connectivity index (χ0) is 17.6. The Hall–Kier alpha value is -2.56. The molecule has 1 atom stereocenters. The third kappa shape index (κ3) is 4.10. The number of methoxy groups -OCH3 is 1. The van der Waals surface area contributed by atoms with Gasteiger partial charge in [-0.1, -0.05) is 30.3 Å². The molecule has 1 aromatic carbocycles. The number of nitrogens with one attached hydrogen (secondary N) is 1. The van der Waals surface area contributed by atoms with Crippen LogP contribution in [0.3, 0.4) is 0 Å². The summed E-state index contributed by atoms with van der Waals surface area (Å²) in [5.41, 5.74) is 3.20. The van der Waals surface area contributed by atoms with Crippen molar-refractivity contribution >= 4 is 11.9 Å². The highest BCUT2D eigenvalue weighted by molar-refractivity contribution is 5.84. The molecular formula is C20H24N2O3. The number of nitrogens with zero attached hydrogens (tertiary/aromatic N) is 1. The fraction of sp³-hybridized carbons (Fsp3) is 0.400. The molecule has 0 unspecified atom stereocenters. The first-order chi connectivity index (χ1) is 12.2. The lowest BCUT2D eigenvalue weighted by atomic mass is 10.0. The molecule has 132 valence electrons. The van der Waals surface area contributed by atoms with E-state index in [1.54, 1.807) is 4.90 Å². The number of ether oxygens (including phenoxy) is 1. The number of piperidine rings is 1. The number of aryl methyl sites for hydroxylation is 1. The van der Waals surface area contributed by atoms with Crippen molar-refractivity contribution in [2.24, 2.45) is 0 Å². The van der Waals surface area contributed by atoms with Crippen LogP contribution in [-0.2, 0) is 20.7 Å². The number of likely N-dealkylation sites (tertiary alicyclic amines) is 1. The molecule has 1 N–H and O–H groups in total. The lowest BCUT2D eigenvalue weighted by molar-refractivity contribution is -0.154. The maximum atomic E-state index is 12.6. The Balaban J connectivity index is 1.60. The number of esters is 1. The minimum Gasteiger partial charge on any atom is -0.467 e. The van der Waals surface area contributed by atoms with Gasteiger partial charge >= 0.3 is 5.97 Å². The number of hydrogen-bond acceptors (Lipinski definition) is 3. The van der Waals surface area contributed by atoms with Crippen LogP contribution in [0.25, 0.3) is 11.3 Å². The zero-order valence-electron chi connectivity index (χ0n) is 14.5. The van der Waals surface area contributed by atoms with E-state index in [1.165, 1.54) is 7.11 Å². The molecule has 0 spiro atoms. The Morgan fingerprint density at radius 2 is 1.96 bits per heavy atom. The zero-order valence-corrected chi connectivity index (χ0v) is 14.5. The third-order valence-corrected chi connectivity index (χ3v) is 4.74. The van der Waals surface area contributed by atoms with E-state index in [-0.39, 0.29) is 11.9 Å². The average Bonchev–Trinajstić information content (AvgIpc) is 3.15. The Bertz CT molecular complexity index is 724. The number of amides is 1. The highest BCUT2D eigenvalue weighted by Gasteiger charge is 2.32. The topological polar surface area (TPSA) is 62.4 Å². The second-order valence-corrected chi connectivity index (χ2v) is 6.39. The monoisotopic (exact) mass is 340 g/mol. The van der Waals surface area contributed by atoms with Gasteiger partial charge in [0.05, 0.1) is 7.11 Å². The summed E-state index contributed by atoms with van der Waals surface area (Å²) in [6.45, 7) is 0.637. The van der Waals surface area contributed by atoms with E-state index in [4.69, 9.17) is 4.74 Å². The van der Waals surface area contributed by atoms with Gasteiger partial charge in [-0.05, 0) is 43.4 Å². The van der Waals surface area contributed by atoms with Gasteiger partial charge in [0.15, 0.2) is 0 Å². The van der Waals surface area contributed by atoms with Crippen LogP contribution >= 0.6 is 0 Å². The summed E-state index contributed by atoms with van der Waals surface area (Å²) >= 11 is 0. The van der Waals surface area contributed by atoms with Gasteiger partial charge in [0.1, 0.15) is 6.04 Å². The summed E-state index contributed by atoms with van der Waals surface area (Å²) in [6, 6.07) is 13.7. The number of carbonyl (C=O) groups is 2. The van der Waals surface area contributed by atoms with Crippen molar-refractivity contribution in [3.63, 3.8) is 0 Å². The number of rotatable bonds is 5. The van der Waals surface area contributed by atoms with Crippen LogP contribution in [0.1, 0.15) is 31.4 Å². The molecule has 0 bridgehead atoms. The molecule has 1 fully saturated rings. The van der Waals surface area contributed by atoms with Crippen LogP contribution in [0.2, 0.25) is 0 Å². The summed E-state index contributed by atoms with van der Waals surface area (Å²) in [6.07, 6.45) is 3.62. The molecule has 25 heavy (non-hydrogen) atoms. The van der Waals surface area contributed by atoms with Gasteiger partial charge < -0.3 is 14.6 Å². The minimum atomic E-state index is -0.422. The van der Waals surface area contributed by atoms with E-state index >= 15 is 0 Å². The quantitative estimate of drug-likeness (QED) is 0.851. The number of H-pyrrole nitrogens is 1. The molecule has 1 aromatic heterocycles. The van der Waals surface area contributed by atoms with Gasteiger partial charge in [-0.3, -0.25) is 4.79 Å². The van der Waals surface area contributed by atoms with Crippen LogP contribution in [-0.4, -0.2) is 41.5 Å². The second kappa shape index (κ2) is 8.01. The highest BCUT2D eigenvalue weighted by Crippen LogP contribution is 2.21. The molecule has 2 aromatic rings. The molecule has 1 saturated heterocycles. The van der Waals surface area contributed by atoms with Crippen LogP contribution in [0.5, 0.6) is 0 Å². The van der Waals surface area contributed by atoms with Gasteiger partial charge in [0, 0.05) is 24.4 Å². The van der Waals surface area contributed by atoms with Crippen molar-refractivity contribution in [1.82, 2.24) is 9.88 Å². The van der Waals surface area contributed by atoms with Crippen molar-refractivity contribution in [3.05, 3.63) is 48.2 Å². The SMILES string of the molecule is COC(=O)[C@@H]1CCCCN1C(=O)CCc1ccc(-c2ccccc2)[nH]1. The molecule has 1 aliphatic heterocycles. The minimum absolute atomic E-state index is 0.0194. The molecule has 1 amide bonds. The first-order valence-corrected chi connectivity index (χ1v) is 8.79. The van der Waals surface area contributed by atoms with E-state index in [2.05, 4.69) is 17.1 Å². The lowest BCUT2D eigenvalue weighted by Gasteiger charge is -2.33.